The Kier molecular flexibility index (Phi) is 13.2. The molecule has 0 atom stereocenters. The smallest absolute Gasteiger partial charge is 0.193 e. The molecule has 2 aromatic carbocycles. The lowest BCUT2D eigenvalue weighted by molar-refractivity contribution is 0.00992. The SMILES string of the molecule is CN=C(NCCc1ccc(OCc2ccccc2)cc1)N1CCC(OCCCOC)CC1.I. The van der Waals surface area contributed by atoms with Crippen molar-refractivity contribution in [3.05, 3.63) is 65.7 Å². The second kappa shape index (κ2) is 15.9. The Bertz CT molecular complexity index is 794. The van der Waals surface area contributed by atoms with Crippen molar-refractivity contribution in [3.8, 4) is 5.75 Å². The maximum atomic E-state index is 5.96. The highest BCUT2D eigenvalue weighted by molar-refractivity contribution is 14.0. The molecular weight excluding hydrogens is 529 g/mol. The molecule has 33 heavy (non-hydrogen) atoms. The normalized spacial score (nSPS) is 14.6. The third-order valence-electron chi connectivity index (χ3n) is 5.67. The quantitative estimate of drug-likeness (QED) is 0.187. The highest BCUT2D eigenvalue weighted by atomic mass is 127. The van der Waals surface area contributed by atoms with Crippen molar-refractivity contribution in [2.24, 2.45) is 4.99 Å². The van der Waals surface area contributed by atoms with Crippen molar-refractivity contribution >= 4 is 29.9 Å². The number of nitrogens with one attached hydrogen (secondary N) is 1. The number of likely N-dealkylation sites (tertiary alicyclic amines) is 1. The van der Waals surface area contributed by atoms with Crippen molar-refractivity contribution in [2.45, 2.75) is 38.4 Å². The first kappa shape index (κ1) is 27.4. The number of piperidine rings is 1. The van der Waals surface area contributed by atoms with Gasteiger partial charge in [-0.2, -0.15) is 0 Å². The Labute approximate surface area is 215 Å². The average Bonchev–Trinajstić information content (AvgIpc) is 2.85. The van der Waals surface area contributed by atoms with Crippen LogP contribution < -0.4 is 10.1 Å². The Morgan fingerprint density at radius 2 is 1.73 bits per heavy atom. The molecule has 2 aromatic rings. The van der Waals surface area contributed by atoms with Gasteiger partial charge in [0.05, 0.1) is 6.10 Å². The Morgan fingerprint density at radius 3 is 2.39 bits per heavy atom. The van der Waals surface area contributed by atoms with Gasteiger partial charge in [-0.15, -0.1) is 24.0 Å². The van der Waals surface area contributed by atoms with E-state index in [4.69, 9.17) is 14.2 Å². The number of halogens is 1. The molecule has 0 amide bonds. The van der Waals surface area contributed by atoms with E-state index < -0.39 is 0 Å². The molecular formula is C26H38IN3O3. The molecule has 1 aliphatic rings. The molecule has 1 fully saturated rings. The fourth-order valence-corrected chi connectivity index (χ4v) is 3.83. The molecule has 1 aliphatic heterocycles. The van der Waals surface area contributed by atoms with Gasteiger partial charge in [-0.25, -0.2) is 0 Å². The van der Waals surface area contributed by atoms with E-state index in [-0.39, 0.29) is 24.0 Å². The van der Waals surface area contributed by atoms with Gasteiger partial charge in [0.1, 0.15) is 12.4 Å². The summed E-state index contributed by atoms with van der Waals surface area (Å²) in [6.07, 6.45) is 4.33. The van der Waals surface area contributed by atoms with Crippen LogP contribution in [0.15, 0.2) is 59.6 Å². The topological polar surface area (TPSA) is 55.3 Å². The van der Waals surface area contributed by atoms with Crippen LogP contribution >= 0.6 is 24.0 Å². The maximum absolute atomic E-state index is 5.96. The summed E-state index contributed by atoms with van der Waals surface area (Å²) in [5.74, 6) is 1.87. The van der Waals surface area contributed by atoms with Gasteiger partial charge in [0, 0.05) is 47.0 Å². The molecule has 0 radical (unpaired) electrons. The zero-order valence-corrected chi connectivity index (χ0v) is 22.2. The first-order valence-electron chi connectivity index (χ1n) is 11.6. The van der Waals surface area contributed by atoms with Gasteiger partial charge in [0.2, 0.25) is 0 Å². The Hall–Kier alpha value is -1.84. The van der Waals surface area contributed by atoms with Gasteiger partial charge in [-0.1, -0.05) is 42.5 Å². The molecule has 3 rings (SSSR count). The molecule has 1 saturated heterocycles. The van der Waals surface area contributed by atoms with Crippen LogP contribution in [0.2, 0.25) is 0 Å². The number of rotatable bonds is 11. The summed E-state index contributed by atoms with van der Waals surface area (Å²) in [5.41, 5.74) is 2.46. The number of ether oxygens (including phenoxy) is 3. The summed E-state index contributed by atoms with van der Waals surface area (Å²) in [6.45, 7) is 4.93. The molecule has 7 heteroatoms. The minimum absolute atomic E-state index is 0. The molecule has 1 heterocycles. The maximum Gasteiger partial charge on any atom is 0.193 e. The molecule has 0 aliphatic carbocycles. The van der Waals surface area contributed by atoms with Crippen LogP contribution in [0.1, 0.15) is 30.4 Å². The molecule has 0 aromatic heterocycles. The third-order valence-corrected chi connectivity index (χ3v) is 5.67. The van der Waals surface area contributed by atoms with E-state index >= 15 is 0 Å². The number of benzene rings is 2. The van der Waals surface area contributed by atoms with Gasteiger partial charge in [-0.3, -0.25) is 4.99 Å². The fraction of sp³-hybridized carbons (Fsp3) is 0.500. The number of hydrogen-bond acceptors (Lipinski definition) is 4. The largest absolute Gasteiger partial charge is 0.489 e. The standard InChI is InChI=1S/C26H37N3O3.HI/c1-27-26(29-17-14-25(15-18-29)31-20-6-19-30-2)28-16-13-22-9-11-24(12-10-22)32-21-23-7-4-3-5-8-23;/h3-5,7-12,25H,6,13-21H2,1-2H3,(H,27,28);1H. The van der Waals surface area contributed by atoms with Crippen LogP contribution in [0.25, 0.3) is 0 Å². The lowest BCUT2D eigenvalue weighted by atomic mass is 10.1. The van der Waals surface area contributed by atoms with E-state index in [0.717, 1.165) is 70.2 Å². The number of hydrogen-bond donors (Lipinski definition) is 1. The first-order chi connectivity index (χ1) is 15.8. The zero-order valence-electron chi connectivity index (χ0n) is 19.9. The van der Waals surface area contributed by atoms with Crippen molar-refractivity contribution in [3.63, 3.8) is 0 Å². The lowest BCUT2D eigenvalue weighted by Gasteiger charge is -2.34. The molecule has 1 N–H and O–H groups in total. The first-order valence-corrected chi connectivity index (χ1v) is 11.6. The second-order valence-corrected chi connectivity index (χ2v) is 8.05. The fourth-order valence-electron chi connectivity index (χ4n) is 3.83. The van der Waals surface area contributed by atoms with Gasteiger partial charge in [-0.05, 0) is 48.9 Å². The Balaban J connectivity index is 0.00000385. The summed E-state index contributed by atoms with van der Waals surface area (Å²) >= 11 is 0. The number of methoxy groups -OCH3 is 1. The molecule has 0 bridgehead atoms. The number of guanidine groups is 1. The summed E-state index contributed by atoms with van der Waals surface area (Å²) in [7, 11) is 3.59. The summed E-state index contributed by atoms with van der Waals surface area (Å²) in [6, 6.07) is 18.6. The van der Waals surface area contributed by atoms with Crippen LogP contribution in [-0.4, -0.2) is 64.0 Å². The van der Waals surface area contributed by atoms with E-state index in [0.29, 0.717) is 12.7 Å². The monoisotopic (exact) mass is 567 g/mol. The van der Waals surface area contributed by atoms with Crippen LogP contribution in [-0.2, 0) is 22.5 Å². The second-order valence-electron chi connectivity index (χ2n) is 8.05. The van der Waals surface area contributed by atoms with E-state index in [1.54, 1.807) is 7.11 Å². The molecule has 0 spiro atoms. The zero-order chi connectivity index (χ0) is 22.4. The summed E-state index contributed by atoms with van der Waals surface area (Å²) in [5, 5.41) is 3.51. The van der Waals surface area contributed by atoms with E-state index in [1.165, 1.54) is 11.1 Å². The minimum atomic E-state index is 0. The van der Waals surface area contributed by atoms with Gasteiger partial charge in [0.15, 0.2) is 5.96 Å². The van der Waals surface area contributed by atoms with Crippen LogP contribution in [0.5, 0.6) is 5.75 Å². The summed E-state index contributed by atoms with van der Waals surface area (Å²) in [4.78, 5) is 6.80. The third kappa shape index (κ3) is 9.90. The Morgan fingerprint density at radius 1 is 1.00 bits per heavy atom. The molecule has 0 saturated carbocycles. The molecule has 6 nitrogen and oxygen atoms in total. The van der Waals surface area contributed by atoms with Crippen molar-refractivity contribution in [1.29, 1.82) is 0 Å². The van der Waals surface area contributed by atoms with Gasteiger partial charge in [0.25, 0.3) is 0 Å². The van der Waals surface area contributed by atoms with Gasteiger partial charge >= 0.3 is 0 Å². The van der Waals surface area contributed by atoms with Crippen molar-refractivity contribution in [1.82, 2.24) is 10.2 Å². The van der Waals surface area contributed by atoms with Crippen molar-refractivity contribution < 1.29 is 14.2 Å². The summed E-state index contributed by atoms with van der Waals surface area (Å²) < 4.78 is 16.9. The predicted octanol–water partition coefficient (Wildman–Crippen LogP) is 4.52. The predicted molar refractivity (Wildman–Crippen MR) is 145 cm³/mol. The number of aliphatic imine (C=N–C) groups is 1. The minimum Gasteiger partial charge on any atom is -0.489 e. The average molecular weight is 568 g/mol. The van der Waals surface area contributed by atoms with Crippen LogP contribution in [0, 0.1) is 0 Å². The van der Waals surface area contributed by atoms with Crippen LogP contribution in [0.3, 0.4) is 0 Å². The molecule has 0 unspecified atom stereocenters. The van der Waals surface area contributed by atoms with E-state index in [1.807, 2.05) is 37.4 Å². The van der Waals surface area contributed by atoms with E-state index in [2.05, 4.69) is 39.5 Å². The van der Waals surface area contributed by atoms with Crippen LogP contribution in [0.4, 0.5) is 0 Å². The van der Waals surface area contributed by atoms with Crippen molar-refractivity contribution in [2.75, 3.05) is 47.0 Å². The number of nitrogens with zero attached hydrogens (tertiary/aromatic N) is 2. The molecule has 182 valence electrons. The van der Waals surface area contributed by atoms with E-state index in [9.17, 15) is 0 Å². The lowest BCUT2D eigenvalue weighted by Crippen LogP contribution is -2.47. The van der Waals surface area contributed by atoms with Gasteiger partial charge < -0.3 is 24.4 Å². The highest BCUT2D eigenvalue weighted by Gasteiger charge is 2.21. The highest BCUT2D eigenvalue weighted by Crippen LogP contribution is 2.16.